The highest BCUT2D eigenvalue weighted by Crippen LogP contribution is 2.24. The van der Waals surface area contributed by atoms with Gasteiger partial charge >= 0.3 is 0 Å². The largest absolute Gasteiger partial charge is 0.326 e. The van der Waals surface area contributed by atoms with Crippen molar-refractivity contribution in [3.8, 4) is 0 Å². The van der Waals surface area contributed by atoms with Crippen LogP contribution in [0.4, 0.5) is 17.1 Å². The van der Waals surface area contributed by atoms with Gasteiger partial charge in [-0.05, 0) is 41.8 Å². The minimum atomic E-state index is -0.158. The average molecular weight is 381 g/mol. The number of hydrogen-bond acceptors (Lipinski definition) is 3. The van der Waals surface area contributed by atoms with Gasteiger partial charge in [-0.3, -0.25) is 14.4 Å². The van der Waals surface area contributed by atoms with E-state index in [9.17, 15) is 14.4 Å². The van der Waals surface area contributed by atoms with Gasteiger partial charge in [-0.25, -0.2) is 0 Å². The van der Waals surface area contributed by atoms with Gasteiger partial charge in [0, 0.05) is 43.9 Å². The third kappa shape index (κ3) is 5.94. The Bertz CT molecular complexity index is 844. The van der Waals surface area contributed by atoms with Crippen molar-refractivity contribution in [1.29, 1.82) is 0 Å². The molecule has 0 spiro atoms. The second-order valence-electron chi connectivity index (χ2n) is 6.94. The molecule has 6 heteroatoms. The number of rotatable bonds is 7. The van der Waals surface area contributed by atoms with Crippen LogP contribution in [0.3, 0.4) is 0 Å². The third-order valence-electron chi connectivity index (χ3n) is 4.30. The number of benzene rings is 2. The van der Waals surface area contributed by atoms with E-state index in [2.05, 4.69) is 24.5 Å². The van der Waals surface area contributed by atoms with Crippen molar-refractivity contribution in [3.63, 3.8) is 0 Å². The average Bonchev–Trinajstić information content (AvgIpc) is 2.62. The fourth-order valence-corrected chi connectivity index (χ4v) is 2.94. The minimum absolute atomic E-state index is 0.144. The molecule has 0 aliphatic heterocycles. The van der Waals surface area contributed by atoms with Gasteiger partial charge in [0.25, 0.3) is 0 Å². The highest BCUT2D eigenvalue weighted by molar-refractivity contribution is 5.95. The van der Waals surface area contributed by atoms with Gasteiger partial charge in [0.15, 0.2) is 0 Å². The number of carbonyl (C=O) groups is 3. The van der Waals surface area contributed by atoms with Crippen LogP contribution in [0.5, 0.6) is 0 Å². The maximum atomic E-state index is 12.4. The zero-order chi connectivity index (χ0) is 20.7. The summed E-state index contributed by atoms with van der Waals surface area (Å²) < 4.78 is 0. The highest BCUT2D eigenvalue weighted by atomic mass is 16.2. The van der Waals surface area contributed by atoms with Crippen LogP contribution in [0, 0.1) is 0 Å². The summed E-state index contributed by atoms with van der Waals surface area (Å²) in [6.45, 7) is 7.32. The van der Waals surface area contributed by atoms with Crippen molar-refractivity contribution in [1.82, 2.24) is 0 Å². The molecule has 2 rings (SSSR count). The molecule has 0 aliphatic rings. The summed E-state index contributed by atoms with van der Waals surface area (Å²) in [5.74, 6) is -0.154. The van der Waals surface area contributed by atoms with Gasteiger partial charge in [0.2, 0.25) is 17.7 Å². The van der Waals surface area contributed by atoms with Gasteiger partial charge in [-0.2, -0.15) is 0 Å². The number of anilines is 3. The lowest BCUT2D eigenvalue weighted by atomic mass is 10.0. The molecule has 28 heavy (non-hydrogen) atoms. The number of carbonyl (C=O) groups excluding carboxylic acids is 3. The molecule has 2 aromatic rings. The van der Waals surface area contributed by atoms with Crippen LogP contribution in [0.2, 0.25) is 0 Å². The van der Waals surface area contributed by atoms with Crippen LogP contribution >= 0.6 is 0 Å². The lowest BCUT2D eigenvalue weighted by Crippen LogP contribution is -2.32. The Kier molecular flexibility index (Phi) is 7.32. The first kappa shape index (κ1) is 21.2. The summed E-state index contributed by atoms with van der Waals surface area (Å²) in [5.41, 5.74) is 3.21. The zero-order valence-corrected chi connectivity index (χ0v) is 16.8. The van der Waals surface area contributed by atoms with E-state index in [4.69, 9.17) is 0 Å². The van der Waals surface area contributed by atoms with E-state index >= 15 is 0 Å². The maximum absolute atomic E-state index is 12.4. The Morgan fingerprint density at radius 1 is 0.929 bits per heavy atom. The number of nitrogens with zero attached hydrogens (tertiary/aromatic N) is 1. The van der Waals surface area contributed by atoms with E-state index in [-0.39, 0.29) is 30.7 Å². The lowest BCUT2D eigenvalue weighted by molar-refractivity contribution is -0.117. The number of nitrogens with one attached hydrogen (secondary N) is 2. The molecular formula is C22H27N3O3. The minimum Gasteiger partial charge on any atom is -0.326 e. The van der Waals surface area contributed by atoms with Gasteiger partial charge in [0.1, 0.15) is 0 Å². The van der Waals surface area contributed by atoms with Gasteiger partial charge in [0.05, 0.1) is 0 Å². The van der Waals surface area contributed by atoms with Crippen molar-refractivity contribution in [2.75, 3.05) is 22.1 Å². The molecule has 0 saturated heterocycles. The molecule has 0 bridgehead atoms. The molecule has 0 unspecified atom stereocenters. The summed E-state index contributed by atoms with van der Waals surface area (Å²) in [6, 6.07) is 14.7. The molecule has 0 aromatic heterocycles. The highest BCUT2D eigenvalue weighted by Gasteiger charge is 2.15. The molecule has 0 aliphatic carbocycles. The van der Waals surface area contributed by atoms with Gasteiger partial charge in [-0.1, -0.05) is 32.0 Å². The van der Waals surface area contributed by atoms with Crippen LogP contribution in [-0.2, 0) is 14.4 Å². The van der Waals surface area contributed by atoms with E-state index in [0.717, 1.165) is 11.3 Å². The summed E-state index contributed by atoms with van der Waals surface area (Å²) >= 11 is 0. The van der Waals surface area contributed by atoms with Gasteiger partial charge < -0.3 is 15.5 Å². The topological polar surface area (TPSA) is 78.5 Å². The van der Waals surface area contributed by atoms with Crippen molar-refractivity contribution in [2.24, 2.45) is 0 Å². The first-order valence-electron chi connectivity index (χ1n) is 9.32. The molecule has 0 radical (unpaired) electrons. The van der Waals surface area contributed by atoms with Crippen LogP contribution in [-0.4, -0.2) is 24.3 Å². The summed E-state index contributed by atoms with van der Waals surface area (Å²) in [6.07, 6.45) is 0.180. The first-order valence-corrected chi connectivity index (χ1v) is 9.32. The fraction of sp³-hybridized carbons (Fsp3) is 0.318. The lowest BCUT2D eigenvalue weighted by Gasteiger charge is -2.21. The number of para-hydroxylation sites is 1. The van der Waals surface area contributed by atoms with Crippen molar-refractivity contribution >= 4 is 34.8 Å². The fourth-order valence-electron chi connectivity index (χ4n) is 2.94. The predicted octanol–water partition coefficient (Wildman–Crippen LogP) is 4.15. The summed E-state index contributed by atoms with van der Waals surface area (Å²) in [4.78, 5) is 37.1. The second kappa shape index (κ2) is 9.69. The van der Waals surface area contributed by atoms with E-state index in [0.29, 0.717) is 17.3 Å². The van der Waals surface area contributed by atoms with Crippen molar-refractivity contribution < 1.29 is 14.4 Å². The van der Waals surface area contributed by atoms with Gasteiger partial charge in [-0.15, -0.1) is 0 Å². The molecule has 0 atom stereocenters. The predicted molar refractivity (Wildman–Crippen MR) is 113 cm³/mol. The zero-order valence-electron chi connectivity index (χ0n) is 16.8. The quantitative estimate of drug-likeness (QED) is 0.756. The second-order valence-corrected chi connectivity index (χ2v) is 6.94. The van der Waals surface area contributed by atoms with E-state index < -0.39 is 0 Å². The standard InChI is InChI=1S/C22H27N3O3/c1-15(2)20-7-5-6-8-21(20)24-22(28)13-14-25(17(4)27)19-11-9-18(10-12-19)23-16(3)26/h5-12,15H,13-14H2,1-4H3,(H,23,26)(H,24,28). The monoisotopic (exact) mass is 381 g/mol. The van der Waals surface area contributed by atoms with Crippen LogP contribution in [0.15, 0.2) is 48.5 Å². The molecule has 0 heterocycles. The Morgan fingerprint density at radius 3 is 2.14 bits per heavy atom. The normalized spacial score (nSPS) is 10.5. The summed E-state index contributed by atoms with van der Waals surface area (Å²) in [5, 5.41) is 5.63. The first-order chi connectivity index (χ1) is 13.3. The molecule has 0 saturated carbocycles. The number of hydrogen-bond donors (Lipinski definition) is 2. The Hall–Kier alpha value is -3.15. The molecule has 6 nitrogen and oxygen atoms in total. The maximum Gasteiger partial charge on any atom is 0.226 e. The SMILES string of the molecule is CC(=O)Nc1ccc(N(CCC(=O)Nc2ccccc2C(C)C)C(C)=O)cc1. The molecule has 0 fully saturated rings. The summed E-state index contributed by atoms with van der Waals surface area (Å²) in [7, 11) is 0. The molecule has 148 valence electrons. The van der Waals surface area contributed by atoms with E-state index in [1.807, 2.05) is 24.3 Å². The van der Waals surface area contributed by atoms with Crippen molar-refractivity contribution in [3.05, 3.63) is 54.1 Å². The number of amides is 3. The molecule has 2 aromatic carbocycles. The van der Waals surface area contributed by atoms with E-state index in [1.54, 1.807) is 29.2 Å². The smallest absolute Gasteiger partial charge is 0.226 e. The van der Waals surface area contributed by atoms with E-state index in [1.165, 1.54) is 13.8 Å². The third-order valence-corrected chi connectivity index (χ3v) is 4.30. The Labute approximate surface area is 165 Å². The van der Waals surface area contributed by atoms with Crippen LogP contribution in [0.25, 0.3) is 0 Å². The Morgan fingerprint density at radius 2 is 1.57 bits per heavy atom. The Balaban J connectivity index is 2.02. The van der Waals surface area contributed by atoms with Crippen molar-refractivity contribution in [2.45, 2.75) is 40.0 Å². The van der Waals surface area contributed by atoms with Crippen LogP contribution in [0.1, 0.15) is 45.6 Å². The molecular weight excluding hydrogens is 354 g/mol. The molecule has 2 N–H and O–H groups in total. The van der Waals surface area contributed by atoms with Crippen LogP contribution < -0.4 is 15.5 Å². The molecule has 3 amide bonds.